The van der Waals surface area contributed by atoms with Crippen LogP contribution in [0.3, 0.4) is 0 Å². The van der Waals surface area contributed by atoms with Crippen molar-refractivity contribution in [1.29, 1.82) is 0 Å². The second kappa shape index (κ2) is 1.79. The molecule has 12 heavy (non-hydrogen) atoms. The van der Waals surface area contributed by atoms with E-state index in [1.807, 2.05) is 10.9 Å². The van der Waals surface area contributed by atoms with Gasteiger partial charge in [-0.25, -0.2) is 0 Å². The van der Waals surface area contributed by atoms with E-state index in [4.69, 9.17) is 0 Å². The van der Waals surface area contributed by atoms with Crippen molar-refractivity contribution in [2.45, 2.75) is 24.8 Å². The maximum absolute atomic E-state index is 10.4. The van der Waals surface area contributed by atoms with Gasteiger partial charge in [-0.05, 0) is 25.2 Å². The van der Waals surface area contributed by atoms with Crippen molar-refractivity contribution < 1.29 is 4.79 Å². The number of carbonyl (C=O) groups excluding carboxylic acids is 1. The molecule has 0 unspecified atom stereocenters. The molecule has 0 aromatic carbocycles. The lowest BCUT2D eigenvalue weighted by molar-refractivity contribution is -0.0978. The lowest BCUT2D eigenvalue weighted by atomic mass is 9.50. The van der Waals surface area contributed by atoms with Gasteiger partial charge in [0, 0.05) is 6.20 Å². The van der Waals surface area contributed by atoms with Crippen LogP contribution >= 0.6 is 0 Å². The van der Waals surface area contributed by atoms with Gasteiger partial charge in [0.25, 0.3) is 0 Å². The summed E-state index contributed by atoms with van der Waals surface area (Å²) in [6.45, 7) is 0. The Morgan fingerprint density at radius 3 is 2.75 bits per heavy atom. The molecular weight excluding hydrogens is 152 g/mol. The van der Waals surface area contributed by atoms with Gasteiger partial charge in [-0.1, -0.05) is 0 Å². The molecule has 0 aliphatic heterocycles. The minimum absolute atomic E-state index is 0.325. The Kier molecular flexibility index (Phi) is 0.953. The second-order valence-electron chi connectivity index (χ2n) is 4.04. The Labute approximate surface area is 70.4 Å². The molecule has 3 aliphatic rings. The number of nitrogens with zero attached hydrogens (tertiary/aromatic N) is 2. The van der Waals surface area contributed by atoms with E-state index >= 15 is 0 Å². The Morgan fingerprint density at radius 2 is 2.33 bits per heavy atom. The number of hydrogen-bond acceptors (Lipinski definition) is 2. The highest BCUT2D eigenvalue weighted by atomic mass is 16.1. The topological polar surface area (TPSA) is 34.9 Å². The molecule has 1 aromatic heterocycles. The minimum atomic E-state index is 0.325. The molecule has 0 spiro atoms. The Bertz CT molecular complexity index is 325. The van der Waals surface area contributed by atoms with E-state index in [1.165, 1.54) is 19.3 Å². The van der Waals surface area contributed by atoms with E-state index in [-0.39, 0.29) is 0 Å². The Hall–Kier alpha value is -1.12. The third kappa shape index (κ3) is 0.578. The molecule has 2 bridgehead atoms. The molecule has 0 amide bonds. The highest BCUT2D eigenvalue weighted by Crippen LogP contribution is 2.61. The highest BCUT2D eigenvalue weighted by Gasteiger charge is 2.58. The van der Waals surface area contributed by atoms with Crippen molar-refractivity contribution >= 4 is 6.29 Å². The first kappa shape index (κ1) is 6.40. The summed E-state index contributed by atoms with van der Waals surface area (Å²) < 4.78 is 1.98. The average molecular weight is 162 g/mol. The molecule has 0 saturated heterocycles. The molecule has 3 saturated carbocycles. The summed E-state index contributed by atoms with van der Waals surface area (Å²) in [5.41, 5.74) is 1.02. The average Bonchev–Trinajstić information content (AvgIpc) is 2.29. The van der Waals surface area contributed by atoms with E-state index < -0.39 is 0 Å². The van der Waals surface area contributed by atoms with E-state index in [0.29, 0.717) is 11.1 Å². The third-order valence-electron chi connectivity index (χ3n) is 3.23. The van der Waals surface area contributed by atoms with Gasteiger partial charge < -0.3 is 0 Å². The van der Waals surface area contributed by atoms with E-state index in [9.17, 15) is 4.79 Å². The molecule has 0 N–H and O–H groups in total. The second-order valence-corrected chi connectivity index (χ2v) is 4.04. The highest BCUT2D eigenvalue weighted by molar-refractivity contribution is 5.73. The first-order valence-corrected chi connectivity index (χ1v) is 4.33. The fraction of sp³-hybridized carbons (Fsp3) is 0.556. The molecule has 3 fully saturated rings. The molecule has 0 radical (unpaired) electrons. The van der Waals surface area contributed by atoms with Gasteiger partial charge in [0.15, 0.2) is 6.29 Å². The van der Waals surface area contributed by atoms with Crippen LogP contribution in [0.1, 0.15) is 29.6 Å². The quantitative estimate of drug-likeness (QED) is 0.612. The predicted octanol–water partition coefficient (Wildman–Crippen LogP) is 1.20. The SMILES string of the molecule is O=Cc1cnn(C23CC(C2)C3)c1. The van der Waals surface area contributed by atoms with E-state index in [1.54, 1.807) is 6.20 Å². The number of aldehydes is 1. The van der Waals surface area contributed by atoms with Crippen LogP contribution in [0.15, 0.2) is 12.4 Å². The standard InChI is InChI=1S/C9H10N2O/c12-6-8-4-10-11(5-8)9-1-7(2-9)3-9/h4-7H,1-3H2. The van der Waals surface area contributed by atoms with Gasteiger partial charge in [-0.2, -0.15) is 5.10 Å². The van der Waals surface area contributed by atoms with Crippen LogP contribution in [0.25, 0.3) is 0 Å². The molecule has 1 heterocycles. The van der Waals surface area contributed by atoms with Crippen molar-refractivity contribution in [3.63, 3.8) is 0 Å². The van der Waals surface area contributed by atoms with Gasteiger partial charge in [-0.3, -0.25) is 9.48 Å². The Balaban J connectivity index is 1.96. The molecule has 1 aromatic rings. The van der Waals surface area contributed by atoms with Crippen LogP contribution in [0, 0.1) is 5.92 Å². The first-order valence-electron chi connectivity index (χ1n) is 4.33. The maximum Gasteiger partial charge on any atom is 0.153 e. The van der Waals surface area contributed by atoms with E-state index in [2.05, 4.69) is 5.10 Å². The number of hydrogen-bond donors (Lipinski definition) is 0. The molecule has 3 nitrogen and oxygen atoms in total. The fourth-order valence-corrected chi connectivity index (χ4v) is 2.37. The fourth-order valence-electron chi connectivity index (χ4n) is 2.37. The molecule has 62 valence electrons. The van der Waals surface area contributed by atoms with Crippen LogP contribution in [-0.2, 0) is 5.54 Å². The maximum atomic E-state index is 10.4. The van der Waals surface area contributed by atoms with Crippen LogP contribution in [0.5, 0.6) is 0 Å². The Morgan fingerprint density at radius 1 is 1.58 bits per heavy atom. The number of rotatable bonds is 2. The van der Waals surface area contributed by atoms with Crippen molar-refractivity contribution in [1.82, 2.24) is 9.78 Å². The summed E-state index contributed by atoms with van der Waals surface area (Å²) >= 11 is 0. The van der Waals surface area contributed by atoms with E-state index in [0.717, 1.165) is 12.2 Å². The zero-order chi connectivity index (χ0) is 8.18. The van der Waals surface area contributed by atoms with Crippen LogP contribution in [-0.4, -0.2) is 16.1 Å². The van der Waals surface area contributed by atoms with Crippen LogP contribution in [0.2, 0.25) is 0 Å². The van der Waals surface area contributed by atoms with Crippen molar-refractivity contribution in [3.8, 4) is 0 Å². The van der Waals surface area contributed by atoms with Crippen molar-refractivity contribution in [2.24, 2.45) is 5.92 Å². The zero-order valence-corrected chi connectivity index (χ0v) is 6.73. The monoisotopic (exact) mass is 162 g/mol. The summed E-state index contributed by atoms with van der Waals surface area (Å²) in [4.78, 5) is 10.4. The lowest BCUT2D eigenvalue weighted by Crippen LogP contribution is -2.59. The zero-order valence-electron chi connectivity index (χ0n) is 6.73. The lowest BCUT2D eigenvalue weighted by Gasteiger charge is -2.61. The minimum Gasteiger partial charge on any atom is -0.298 e. The third-order valence-corrected chi connectivity index (χ3v) is 3.23. The number of carbonyl (C=O) groups is 1. The molecule has 3 heteroatoms. The smallest absolute Gasteiger partial charge is 0.153 e. The molecule has 4 rings (SSSR count). The largest absolute Gasteiger partial charge is 0.298 e. The molecule has 3 aliphatic carbocycles. The molecular formula is C9H10N2O. The van der Waals surface area contributed by atoms with Gasteiger partial charge >= 0.3 is 0 Å². The first-order chi connectivity index (χ1) is 5.82. The predicted molar refractivity (Wildman–Crippen MR) is 42.9 cm³/mol. The summed E-state index contributed by atoms with van der Waals surface area (Å²) in [7, 11) is 0. The van der Waals surface area contributed by atoms with Gasteiger partial charge in [0.1, 0.15) is 0 Å². The normalized spacial score (nSPS) is 36.8. The summed E-state index contributed by atoms with van der Waals surface area (Å²) in [5, 5.41) is 4.20. The van der Waals surface area contributed by atoms with Gasteiger partial charge in [0.2, 0.25) is 0 Å². The summed E-state index contributed by atoms with van der Waals surface area (Å²) in [5.74, 6) is 0.953. The summed E-state index contributed by atoms with van der Waals surface area (Å²) in [6, 6.07) is 0. The number of aromatic nitrogens is 2. The molecule has 0 atom stereocenters. The van der Waals surface area contributed by atoms with Gasteiger partial charge in [0.05, 0.1) is 17.3 Å². The van der Waals surface area contributed by atoms with Crippen LogP contribution < -0.4 is 0 Å². The van der Waals surface area contributed by atoms with Crippen molar-refractivity contribution in [3.05, 3.63) is 18.0 Å². The van der Waals surface area contributed by atoms with Gasteiger partial charge in [-0.15, -0.1) is 0 Å². The summed E-state index contributed by atoms with van der Waals surface area (Å²) in [6.07, 6.45) is 8.18. The van der Waals surface area contributed by atoms with Crippen LogP contribution in [0.4, 0.5) is 0 Å². The van der Waals surface area contributed by atoms with Crippen molar-refractivity contribution in [2.75, 3.05) is 0 Å².